The number of nitrogens with one attached hydrogen (secondary N) is 1. The van der Waals surface area contributed by atoms with Crippen LogP contribution in [0.2, 0.25) is 0 Å². The molecular formula is C16H21N3O2S. The highest BCUT2D eigenvalue weighted by Gasteiger charge is 2.18. The van der Waals surface area contributed by atoms with Crippen molar-refractivity contribution in [1.29, 1.82) is 0 Å². The molecule has 5 nitrogen and oxygen atoms in total. The summed E-state index contributed by atoms with van der Waals surface area (Å²) in [5.41, 5.74) is 1.61. The second kappa shape index (κ2) is 7.05. The molecule has 118 valence electrons. The van der Waals surface area contributed by atoms with Crippen LogP contribution in [-0.4, -0.2) is 22.4 Å². The molecule has 2 aromatic heterocycles. The lowest BCUT2D eigenvalue weighted by atomic mass is 9.87. The number of carbonyl (C=O) groups is 1. The molecular weight excluding hydrogens is 298 g/mol. The van der Waals surface area contributed by atoms with Gasteiger partial charge in [-0.1, -0.05) is 19.3 Å². The Kier molecular flexibility index (Phi) is 4.87. The quantitative estimate of drug-likeness (QED) is 0.916. The summed E-state index contributed by atoms with van der Waals surface area (Å²) in [5, 5.41) is 6.15. The molecule has 3 rings (SSSR count). The van der Waals surface area contributed by atoms with Crippen molar-refractivity contribution in [3.63, 3.8) is 0 Å². The Morgan fingerprint density at radius 1 is 1.41 bits per heavy atom. The zero-order valence-electron chi connectivity index (χ0n) is 12.8. The Hall–Kier alpha value is -1.69. The van der Waals surface area contributed by atoms with E-state index in [1.807, 2.05) is 0 Å². The highest BCUT2D eigenvalue weighted by atomic mass is 32.1. The van der Waals surface area contributed by atoms with Gasteiger partial charge in [0, 0.05) is 24.3 Å². The summed E-state index contributed by atoms with van der Waals surface area (Å²) >= 11 is 1.70. The van der Waals surface area contributed by atoms with Crippen molar-refractivity contribution >= 4 is 17.2 Å². The van der Waals surface area contributed by atoms with E-state index < -0.39 is 0 Å². The molecule has 0 atom stereocenters. The maximum absolute atomic E-state index is 11.9. The van der Waals surface area contributed by atoms with Crippen LogP contribution in [0.3, 0.4) is 0 Å². The summed E-state index contributed by atoms with van der Waals surface area (Å²) in [6.45, 7) is 2.31. The maximum Gasteiger partial charge on any atom is 0.273 e. The molecule has 1 aliphatic carbocycles. The van der Waals surface area contributed by atoms with E-state index in [1.165, 1.54) is 44.2 Å². The van der Waals surface area contributed by atoms with Gasteiger partial charge >= 0.3 is 0 Å². The molecule has 22 heavy (non-hydrogen) atoms. The van der Waals surface area contributed by atoms with Gasteiger partial charge in [0.25, 0.3) is 5.91 Å². The monoisotopic (exact) mass is 319 g/mol. The highest BCUT2D eigenvalue weighted by Crippen LogP contribution is 2.33. The lowest BCUT2D eigenvalue weighted by Gasteiger charge is -2.19. The van der Waals surface area contributed by atoms with Crippen LogP contribution in [0, 0.1) is 6.92 Å². The van der Waals surface area contributed by atoms with Crippen LogP contribution < -0.4 is 5.32 Å². The molecule has 2 aromatic rings. The predicted molar refractivity (Wildman–Crippen MR) is 85.2 cm³/mol. The third kappa shape index (κ3) is 3.55. The molecule has 0 aromatic carbocycles. The van der Waals surface area contributed by atoms with Crippen LogP contribution in [0.25, 0.3) is 0 Å². The fraction of sp³-hybridized carbons (Fsp3) is 0.562. The Morgan fingerprint density at radius 2 is 2.23 bits per heavy atom. The van der Waals surface area contributed by atoms with Gasteiger partial charge in [-0.2, -0.15) is 0 Å². The lowest BCUT2D eigenvalue weighted by molar-refractivity contribution is 0.0948. The van der Waals surface area contributed by atoms with Crippen LogP contribution in [0.4, 0.5) is 0 Å². The first kappa shape index (κ1) is 15.2. The summed E-state index contributed by atoms with van der Waals surface area (Å²) in [7, 11) is 0. The molecule has 0 saturated heterocycles. The molecule has 1 saturated carbocycles. The highest BCUT2D eigenvalue weighted by molar-refractivity contribution is 7.09. The van der Waals surface area contributed by atoms with Gasteiger partial charge < -0.3 is 9.73 Å². The normalized spacial score (nSPS) is 15.9. The van der Waals surface area contributed by atoms with E-state index in [4.69, 9.17) is 9.40 Å². The number of aromatic nitrogens is 2. The Balaban J connectivity index is 1.49. The minimum absolute atomic E-state index is 0.185. The molecule has 2 heterocycles. The standard InChI is InChI=1S/C16H21N3O2S/c1-11-15(18-10-21-11)16(20)17-8-7-14-19-13(9-22-14)12-5-3-2-4-6-12/h9-10,12H,2-8H2,1H3,(H,17,20). The van der Waals surface area contributed by atoms with Gasteiger partial charge in [-0.25, -0.2) is 9.97 Å². The molecule has 0 radical (unpaired) electrons. The van der Waals surface area contributed by atoms with Gasteiger partial charge in [0.15, 0.2) is 12.1 Å². The number of aryl methyl sites for hydroxylation is 1. The fourth-order valence-corrected chi connectivity index (χ4v) is 3.80. The Morgan fingerprint density at radius 3 is 2.95 bits per heavy atom. The summed E-state index contributed by atoms with van der Waals surface area (Å²) in [5.74, 6) is 1.01. The van der Waals surface area contributed by atoms with Crippen LogP contribution in [0.1, 0.15) is 65.0 Å². The number of oxazole rings is 1. The predicted octanol–water partition coefficient (Wildman–Crippen LogP) is 3.46. The van der Waals surface area contributed by atoms with E-state index in [0.717, 1.165) is 11.4 Å². The first-order valence-electron chi connectivity index (χ1n) is 7.86. The smallest absolute Gasteiger partial charge is 0.273 e. The van der Waals surface area contributed by atoms with Gasteiger partial charge in [-0.3, -0.25) is 4.79 Å². The second-order valence-electron chi connectivity index (χ2n) is 5.76. The maximum atomic E-state index is 11.9. The zero-order valence-corrected chi connectivity index (χ0v) is 13.6. The molecule has 1 amide bonds. The number of thiazole rings is 1. The Labute approximate surface area is 134 Å². The van der Waals surface area contributed by atoms with E-state index in [0.29, 0.717) is 23.9 Å². The molecule has 1 aliphatic rings. The van der Waals surface area contributed by atoms with E-state index >= 15 is 0 Å². The molecule has 0 bridgehead atoms. The average molecular weight is 319 g/mol. The third-order valence-corrected chi connectivity index (χ3v) is 5.10. The molecule has 0 unspecified atom stereocenters. The fourth-order valence-electron chi connectivity index (χ4n) is 2.92. The number of carbonyl (C=O) groups excluding carboxylic acids is 1. The number of rotatable bonds is 5. The van der Waals surface area contributed by atoms with Gasteiger partial charge in [-0.15, -0.1) is 11.3 Å². The molecule has 1 N–H and O–H groups in total. The Bertz CT molecular complexity index is 629. The molecule has 1 fully saturated rings. The van der Waals surface area contributed by atoms with Crippen molar-refractivity contribution in [3.05, 3.63) is 33.9 Å². The number of nitrogens with zero attached hydrogens (tertiary/aromatic N) is 2. The van der Waals surface area contributed by atoms with Crippen LogP contribution in [-0.2, 0) is 6.42 Å². The van der Waals surface area contributed by atoms with E-state index in [9.17, 15) is 4.79 Å². The second-order valence-corrected chi connectivity index (χ2v) is 6.71. The summed E-state index contributed by atoms with van der Waals surface area (Å²) in [6.07, 6.45) is 8.61. The zero-order chi connectivity index (χ0) is 15.4. The minimum atomic E-state index is -0.185. The van der Waals surface area contributed by atoms with Gasteiger partial charge in [0.05, 0.1) is 10.7 Å². The number of hydrogen-bond acceptors (Lipinski definition) is 5. The summed E-state index contributed by atoms with van der Waals surface area (Å²) in [6, 6.07) is 0. The van der Waals surface area contributed by atoms with Crippen molar-refractivity contribution in [2.24, 2.45) is 0 Å². The van der Waals surface area contributed by atoms with Gasteiger partial charge in [-0.05, 0) is 19.8 Å². The van der Waals surface area contributed by atoms with Gasteiger partial charge in [0.1, 0.15) is 5.76 Å². The lowest BCUT2D eigenvalue weighted by Crippen LogP contribution is -2.26. The average Bonchev–Trinajstić information content (AvgIpc) is 3.17. The number of hydrogen-bond donors (Lipinski definition) is 1. The molecule has 0 spiro atoms. The topological polar surface area (TPSA) is 68.0 Å². The van der Waals surface area contributed by atoms with Crippen LogP contribution in [0.5, 0.6) is 0 Å². The largest absolute Gasteiger partial charge is 0.448 e. The van der Waals surface area contributed by atoms with Crippen molar-refractivity contribution in [2.75, 3.05) is 6.54 Å². The first-order chi connectivity index (χ1) is 10.7. The van der Waals surface area contributed by atoms with Crippen molar-refractivity contribution < 1.29 is 9.21 Å². The van der Waals surface area contributed by atoms with E-state index in [2.05, 4.69) is 15.7 Å². The summed E-state index contributed by atoms with van der Waals surface area (Å²) in [4.78, 5) is 20.6. The SMILES string of the molecule is Cc1ocnc1C(=O)NCCc1nc(C2CCCCC2)cs1. The molecule has 6 heteroatoms. The van der Waals surface area contributed by atoms with Crippen molar-refractivity contribution in [3.8, 4) is 0 Å². The van der Waals surface area contributed by atoms with E-state index in [1.54, 1.807) is 18.3 Å². The van der Waals surface area contributed by atoms with Crippen LogP contribution >= 0.6 is 11.3 Å². The van der Waals surface area contributed by atoms with Crippen molar-refractivity contribution in [1.82, 2.24) is 15.3 Å². The third-order valence-electron chi connectivity index (χ3n) is 4.18. The van der Waals surface area contributed by atoms with Crippen LogP contribution in [0.15, 0.2) is 16.2 Å². The minimum Gasteiger partial charge on any atom is -0.448 e. The van der Waals surface area contributed by atoms with E-state index in [-0.39, 0.29) is 5.91 Å². The summed E-state index contributed by atoms with van der Waals surface area (Å²) < 4.78 is 5.04. The first-order valence-corrected chi connectivity index (χ1v) is 8.74. The molecule has 0 aliphatic heterocycles. The van der Waals surface area contributed by atoms with Crippen molar-refractivity contribution in [2.45, 2.75) is 51.4 Å². The number of amides is 1. The van der Waals surface area contributed by atoms with Gasteiger partial charge in [0.2, 0.25) is 0 Å².